The van der Waals surface area contributed by atoms with Gasteiger partial charge in [-0.3, -0.25) is 9.97 Å². The van der Waals surface area contributed by atoms with E-state index in [2.05, 4.69) is 38.2 Å². The van der Waals surface area contributed by atoms with Crippen LogP contribution in [0.3, 0.4) is 0 Å². The summed E-state index contributed by atoms with van der Waals surface area (Å²) in [7, 11) is 1.66. The van der Waals surface area contributed by atoms with Crippen LogP contribution in [0.25, 0.3) is 22.5 Å². The molecule has 6 nitrogen and oxygen atoms in total. The molecule has 1 atom stereocenters. The van der Waals surface area contributed by atoms with Gasteiger partial charge in [0.1, 0.15) is 5.69 Å². The van der Waals surface area contributed by atoms with Crippen molar-refractivity contribution in [2.45, 2.75) is 16.3 Å². The summed E-state index contributed by atoms with van der Waals surface area (Å²) in [6.07, 6.45) is 4.97. The van der Waals surface area contributed by atoms with Crippen LogP contribution in [0, 0.1) is 0 Å². The molecule has 4 heterocycles. The summed E-state index contributed by atoms with van der Waals surface area (Å²) in [6, 6.07) is 16.2. The number of hydrogen-bond acceptors (Lipinski definition) is 6. The topological polar surface area (TPSA) is 65.7 Å². The fraction of sp³-hybridized carbons (Fsp3) is 0.100. The van der Waals surface area contributed by atoms with Gasteiger partial charge in [0.15, 0.2) is 17.2 Å². The fourth-order valence-corrected chi connectivity index (χ4v) is 4.09. The first-order valence-corrected chi connectivity index (χ1v) is 9.28. The van der Waals surface area contributed by atoms with E-state index >= 15 is 0 Å². The Balaban J connectivity index is 1.58. The van der Waals surface area contributed by atoms with Crippen molar-refractivity contribution in [3.8, 4) is 22.5 Å². The van der Waals surface area contributed by atoms with Gasteiger partial charge < -0.3 is 4.74 Å². The van der Waals surface area contributed by atoms with Crippen LogP contribution in [0.15, 0.2) is 77.2 Å². The Hall–Kier alpha value is -3.03. The van der Waals surface area contributed by atoms with Crippen molar-refractivity contribution in [2.75, 3.05) is 7.11 Å². The third kappa shape index (κ3) is 2.81. The maximum Gasteiger partial charge on any atom is 0.196 e. The number of rotatable bonds is 3. The van der Waals surface area contributed by atoms with E-state index < -0.39 is 6.23 Å². The quantitative estimate of drug-likeness (QED) is 0.540. The summed E-state index contributed by atoms with van der Waals surface area (Å²) >= 11 is 1.55. The Morgan fingerprint density at radius 1 is 1.00 bits per heavy atom. The van der Waals surface area contributed by atoms with E-state index in [0.717, 1.165) is 32.4 Å². The fourth-order valence-electron chi connectivity index (χ4n) is 3.09. The molecule has 0 bridgehead atoms. The van der Waals surface area contributed by atoms with Crippen molar-refractivity contribution >= 4 is 11.8 Å². The van der Waals surface area contributed by atoms with Gasteiger partial charge >= 0.3 is 0 Å². The van der Waals surface area contributed by atoms with E-state index in [1.54, 1.807) is 35.9 Å². The first-order valence-electron chi connectivity index (χ1n) is 8.46. The van der Waals surface area contributed by atoms with Gasteiger partial charge in [0.2, 0.25) is 0 Å². The number of pyridine rings is 2. The predicted molar refractivity (Wildman–Crippen MR) is 102 cm³/mol. The zero-order chi connectivity index (χ0) is 18.2. The van der Waals surface area contributed by atoms with Crippen LogP contribution in [0.4, 0.5) is 0 Å². The molecule has 1 aliphatic rings. The number of aromatic nitrogens is 5. The SMILES string of the molecule is COC1c2ncc(-c3ccccc3)cc2Sc2nc(-c3cccnc3)nn21. The Morgan fingerprint density at radius 3 is 2.63 bits per heavy atom. The Bertz CT molecular complexity index is 1100. The molecule has 0 amide bonds. The molecule has 7 heteroatoms. The lowest BCUT2D eigenvalue weighted by Crippen LogP contribution is -2.20. The predicted octanol–water partition coefficient (Wildman–Crippen LogP) is 4.06. The van der Waals surface area contributed by atoms with Gasteiger partial charge in [-0.2, -0.15) is 0 Å². The van der Waals surface area contributed by atoms with E-state index in [9.17, 15) is 0 Å². The van der Waals surface area contributed by atoms with Gasteiger partial charge in [-0.25, -0.2) is 9.67 Å². The number of methoxy groups -OCH3 is 1. The van der Waals surface area contributed by atoms with Crippen molar-refractivity contribution in [1.29, 1.82) is 0 Å². The van der Waals surface area contributed by atoms with Crippen LogP contribution < -0.4 is 0 Å². The molecule has 0 spiro atoms. The normalized spacial score (nSPS) is 15.2. The van der Waals surface area contributed by atoms with Gasteiger partial charge in [0, 0.05) is 41.7 Å². The largest absolute Gasteiger partial charge is 0.354 e. The van der Waals surface area contributed by atoms with Crippen LogP contribution in [0.2, 0.25) is 0 Å². The van der Waals surface area contributed by atoms with Crippen molar-refractivity contribution < 1.29 is 4.74 Å². The molecule has 1 unspecified atom stereocenters. The van der Waals surface area contributed by atoms with Crippen molar-refractivity contribution in [3.63, 3.8) is 0 Å². The van der Waals surface area contributed by atoms with Crippen molar-refractivity contribution in [1.82, 2.24) is 24.7 Å². The highest BCUT2D eigenvalue weighted by Crippen LogP contribution is 2.41. The molecule has 0 N–H and O–H groups in total. The highest BCUT2D eigenvalue weighted by atomic mass is 32.2. The molecule has 0 radical (unpaired) electrons. The highest BCUT2D eigenvalue weighted by molar-refractivity contribution is 7.99. The Labute approximate surface area is 160 Å². The summed E-state index contributed by atoms with van der Waals surface area (Å²) in [5, 5.41) is 5.41. The molecule has 1 aliphatic heterocycles. The molecule has 0 fully saturated rings. The molecule has 0 aliphatic carbocycles. The Morgan fingerprint density at radius 2 is 1.85 bits per heavy atom. The molecule has 5 rings (SSSR count). The van der Waals surface area contributed by atoms with Crippen LogP contribution in [0.5, 0.6) is 0 Å². The van der Waals surface area contributed by atoms with Gasteiger partial charge in [-0.15, -0.1) is 5.10 Å². The summed E-state index contributed by atoms with van der Waals surface area (Å²) in [5.41, 5.74) is 3.91. The van der Waals surface area contributed by atoms with Crippen LogP contribution in [0.1, 0.15) is 11.9 Å². The van der Waals surface area contributed by atoms with Gasteiger partial charge in [0.05, 0.1) is 0 Å². The van der Waals surface area contributed by atoms with Crippen molar-refractivity contribution in [3.05, 3.63) is 72.8 Å². The second-order valence-corrected chi connectivity index (χ2v) is 7.08. The number of ether oxygens (including phenoxy) is 1. The summed E-state index contributed by atoms with van der Waals surface area (Å²) in [5.74, 6) is 0.628. The lowest BCUT2D eigenvalue weighted by Gasteiger charge is -2.23. The monoisotopic (exact) mass is 373 g/mol. The number of benzene rings is 1. The van der Waals surface area contributed by atoms with E-state index in [-0.39, 0.29) is 0 Å². The third-order valence-corrected chi connectivity index (χ3v) is 5.40. The van der Waals surface area contributed by atoms with Gasteiger partial charge in [-0.1, -0.05) is 30.3 Å². The van der Waals surface area contributed by atoms with E-state index in [0.29, 0.717) is 5.82 Å². The van der Waals surface area contributed by atoms with Crippen LogP contribution in [-0.4, -0.2) is 31.8 Å². The average Bonchev–Trinajstić information content (AvgIpc) is 3.16. The number of nitrogens with zero attached hydrogens (tertiary/aromatic N) is 5. The first kappa shape index (κ1) is 16.2. The molecule has 0 saturated heterocycles. The third-order valence-electron chi connectivity index (χ3n) is 4.39. The number of fused-ring (bicyclic) bond motifs is 2. The molecular formula is C20H15N5OS. The van der Waals surface area contributed by atoms with E-state index in [1.807, 2.05) is 36.5 Å². The van der Waals surface area contributed by atoms with E-state index in [4.69, 9.17) is 4.74 Å². The molecule has 0 saturated carbocycles. The van der Waals surface area contributed by atoms with Crippen LogP contribution >= 0.6 is 11.8 Å². The van der Waals surface area contributed by atoms with Crippen LogP contribution in [-0.2, 0) is 4.74 Å². The molecule has 3 aromatic heterocycles. The zero-order valence-electron chi connectivity index (χ0n) is 14.5. The minimum atomic E-state index is -0.404. The summed E-state index contributed by atoms with van der Waals surface area (Å²) in [6.45, 7) is 0. The first-order chi connectivity index (χ1) is 13.3. The molecule has 132 valence electrons. The Kier molecular flexibility index (Phi) is 3.95. The summed E-state index contributed by atoms with van der Waals surface area (Å²) < 4.78 is 7.49. The van der Waals surface area contributed by atoms with Gasteiger partial charge in [-0.05, 0) is 35.5 Å². The standard InChI is InChI=1S/C20H15N5OS/c1-26-19-17-16(10-15(12-22-17)13-6-3-2-4-7-13)27-20-23-18(24-25(19)20)14-8-5-9-21-11-14/h2-12,19H,1H3. The number of hydrogen-bond donors (Lipinski definition) is 0. The average molecular weight is 373 g/mol. The molecular weight excluding hydrogens is 358 g/mol. The molecule has 27 heavy (non-hydrogen) atoms. The second-order valence-electron chi connectivity index (χ2n) is 6.07. The van der Waals surface area contributed by atoms with E-state index in [1.165, 1.54) is 0 Å². The molecule has 4 aromatic rings. The maximum absolute atomic E-state index is 5.71. The van der Waals surface area contributed by atoms with Crippen molar-refractivity contribution in [2.24, 2.45) is 0 Å². The summed E-state index contributed by atoms with van der Waals surface area (Å²) in [4.78, 5) is 14.5. The maximum atomic E-state index is 5.71. The minimum Gasteiger partial charge on any atom is -0.354 e. The highest BCUT2D eigenvalue weighted by Gasteiger charge is 2.30. The minimum absolute atomic E-state index is 0.404. The lowest BCUT2D eigenvalue weighted by atomic mass is 10.1. The smallest absolute Gasteiger partial charge is 0.196 e. The van der Waals surface area contributed by atoms with Gasteiger partial charge in [0.25, 0.3) is 0 Å². The zero-order valence-corrected chi connectivity index (χ0v) is 15.3. The second kappa shape index (κ2) is 6.61. The lowest BCUT2D eigenvalue weighted by molar-refractivity contribution is 0.0527. The molecule has 1 aromatic carbocycles.